The normalized spacial score (nSPS) is 28.9. The summed E-state index contributed by atoms with van der Waals surface area (Å²) in [6.07, 6.45) is -1.31. The summed E-state index contributed by atoms with van der Waals surface area (Å²) in [4.78, 5) is 0. The van der Waals surface area contributed by atoms with Crippen molar-refractivity contribution in [3.8, 4) is 0 Å². The van der Waals surface area contributed by atoms with Gasteiger partial charge in [-0.1, -0.05) is 81.4 Å². The second-order valence-electron chi connectivity index (χ2n) is 8.85. The molecule has 2 aromatic carbocycles. The summed E-state index contributed by atoms with van der Waals surface area (Å²) in [5.74, 6) is 0. The predicted molar refractivity (Wildman–Crippen MR) is 112 cm³/mol. The first-order chi connectivity index (χ1) is 13.3. The van der Waals surface area contributed by atoms with Crippen molar-refractivity contribution < 1.29 is 50.1 Å². The largest absolute Gasteiger partial charge is 0.539 e. The third-order valence-electron chi connectivity index (χ3n) is 6.21. The zero-order valence-corrected chi connectivity index (χ0v) is 22.6. The minimum atomic E-state index is -2.68. The molecule has 2 fully saturated rings. The zero-order chi connectivity index (χ0) is 20.0. The van der Waals surface area contributed by atoms with E-state index in [4.69, 9.17) is 13.9 Å². The van der Waals surface area contributed by atoms with Crippen LogP contribution < -0.4 is 10.4 Å². The molecule has 29 heavy (non-hydrogen) atoms. The van der Waals surface area contributed by atoms with Crippen LogP contribution >= 0.6 is 0 Å². The predicted octanol–water partition coefficient (Wildman–Crippen LogP) is 2.64. The van der Waals surface area contributed by atoms with Crippen molar-refractivity contribution in [3.05, 3.63) is 67.3 Å². The fraction of sp³-hybridized carbons (Fsp3) is 0.435. The molecule has 2 aliphatic rings. The first kappa shape index (κ1) is 23.2. The summed E-state index contributed by atoms with van der Waals surface area (Å²) in [5, 5.41) is 13.0. The van der Waals surface area contributed by atoms with Crippen molar-refractivity contribution >= 4 is 18.7 Å². The van der Waals surface area contributed by atoms with Gasteiger partial charge >= 0.3 is 0 Å². The fourth-order valence-electron chi connectivity index (χ4n) is 4.63. The number of aliphatic hydroxyl groups is 1. The van der Waals surface area contributed by atoms with Gasteiger partial charge in [-0.3, -0.25) is 0 Å². The third kappa shape index (κ3) is 3.72. The van der Waals surface area contributed by atoms with E-state index in [1.807, 2.05) is 19.1 Å². The molecule has 0 aromatic heterocycles. The summed E-state index contributed by atoms with van der Waals surface area (Å²) in [6, 6.07) is 21.0. The Kier molecular flexibility index (Phi) is 6.88. The van der Waals surface area contributed by atoms with E-state index < -0.39 is 20.0 Å². The van der Waals surface area contributed by atoms with E-state index in [1.165, 1.54) is 10.4 Å². The molecule has 4 nitrogen and oxygen atoms in total. The molecular weight excluding hydrogens is 606 g/mol. The second kappa shape index (κ2) is 8.59. The molecule has 0 radical (unpaired) electrons. The van der Waals surface area contributed by atoms with Crippen LogP contribution in [0, 0.1) is 37.7 Å². The van der Waals surface area contributed by atoms with Crippen LogP contribution in [0.15, 0.2) is 60.7 Å². The smallest absolute Gasteiger partial charge is 0.261 e. The molecule has 0 saturated carbocycles. The zero-order valence-electron chi connectivity index (χ0n) is 17.5. The summed E-state index contributed by atoms with van der Waals surface area (Å²) in [5.41, 5.74) is -0.849. The van der Waals surface area contributed by atoms with E-state index in [9.17, 15) is 5.11 Å². The standard InChI is InChI=1S/C23H29O4Si.U/c1-17-23(21(24)20(27-17)15-25-23)16-26-28(22(2,3)4,18-11-7-5-8-12-18)19-13-9-6-10-14-19;/h5-15,17,20-21,24H,16H2,1-4H3;/q-1;/t17-,20-,21-,23-;/m0./s1. The van der Waals surface area contributed by atoms with Gasteiger partial charge in [-0.25, -0.2) is 0 Å². The number of ether oxygens (including phenoxy) is 2. The van der Waals surface area contributed by atoms with Crippen LogP contribution in [0.2, 0.25) is 5.04 Å². The minimum Gasteiger partial charge on any atom is -0.539 e. The molecule has 4 atom stereocenters. The first-order valence-electron chi connectivity index (χ1n) is 9.91. The number of rotatable bonds is 5. The maximum atomic E-state index is 10.7. The van der Waals surface area contributed by atoms with Crippen LogP contribution in [-0.4, -0.2) is 43.9 Å². The molecule has 4 rings (SSSR count). The van der Waals surface area contributed by atoms with E-state index in [1.54, 1.807) is 6.61 Å². The van der Waals surface area contributed by atoms with Gasteiger partial charge in [0.25, 0.3) is 8.32 Å². The maximum absolute atomic E-state index is 10.7. The van der Waals surface area contributed by atoms with Gasteiger partial charge in [0.05, 0.1) is 18.8 Å². The van der Waals surface area contributed by atoms with Crippen LogP contribution in [0.1, 0.15) is 27.7 Å². The minimum absolute atomic E-state index is 0. The molecule has 2 aromatic rings. The van der Waals surface area contributed by atoms with E-state index in [0.717, 1.165) is 0 Å². The molecule has 1 N–H and O–H groups in total. The average Bonchev–Trinajstić information content (AvgIpc) is 3.11. The van der Waals surface area contributed by atoms with Crippen LogP contribution in [0.3, 0.4) is 0 Å². The van der Waals surface area contributed by atoms with E-state index in [-0.39, 0.29) is 55.0 Å². The van der Waals surface area contributed by atoms with Crippen molar-refractivity contribution in [2.75, 3.05) is 6.61 Å². The molecule has 2 saturated heterocycles. The number of aliphatic hydroxyl groups excluding tert-OH is 1. The topological polar surface area (TPSA) is 47.9 Å². The first-order valence-corrected chi connectivity index (χ1v) is 11.8. The Balaban J connectivity index is 0.00000240. The average molecular weight is 636 g/mol. The van der Waals surface area contributed by atoms with Crippen LogP contribution in [0.4, 0.5) is 0 Å². The number of fused-ring (bicyclic) bond motifs is 2. The number of benzene rings is 2. The number of hydrogen-bond acceptors (Lipinski definition) is 4. The second-order valence-corrected chi connectivity index (χ2v) is 13.2. The molecule has 2 aliphatic heterocycles. The SMILES string of the molecule is C[C@@H]1O[C@H]2[CH-]O[C@]1(CO[Si](c1ccccc1)(c1ccccc1)C(C)(C)C)[C@H]2O.[U]. The molecule has 6 heteroatoms. The van der Waals surface area contributed by atoms with Gasteiger partial charge in [0, 0.05) is 31.1 Å². The van der Waals surface area contributed by atoms with Crippen LogP contribution in [-0.2, 0) is 13.9 Å². The van der Waals surface area contributed by atoms with Crippen molar-refractivity contribution in [3.63, 3.8) is 0 Å². The molecule has 2 heterocycles. The Morgan fingerprint density at radius 2 is 1.55 bits per heavy atom. The Hall–Kier alpha value is -0.451. The third-order valence-corrected chi connectivity index (χ3v) is 11.2. The summed E-state index contributed by atoms with van der Waals surface area (Å²) in [6.45, 7) is 10.6. The molecule has 0 aliphatic carbocycles. The van der Waals surface area contributed by atoms with E-state index in [0.29, 0.717) is 0 Å². The quantitative estimate of drug-likeness (QED) is 0.406. The van der Waals surface area contributed by atoms with E-state index in [2.05, 4.69) is 69.3 Å². The van der Waals surface area contributed by atoms with Gasteiger partial charge in [0.15, 0.2) is 0 Å². The van der Waals surface area contributed by atoms with Crippen molar-refractivity contribution in [2.24, 2.45) is 0 Å². The Morgan fingerprint density at radius 1 is 1.03 bits per heavy atom. The number of hydrogen-bond donors (Lipinski definition) is 1. The Morgan fingerprint density at radius 3 is 1.93 bits per heavy atom. The summed E-state index contributed by atoms with van der Waals surface area (Å²) >= 11 is 0. The van der Waals surface area contributed by atoms with Crippen molar-refractivity contribution in [1.82, 2.24) is 0 Å². The molecule has 2 bridgehead atoms. The molecular formula is C23H29O4SiU-. The Labute approximate surface area is 198 Å². The van der Waals surface area contributed by atoms with Gasteiger partial charge in [0.2, 0.25) is 0 Å². The monoisotopic (exact) mass is 635 g/mol. The maximum Gasteiger partial charge on any atom is 0.261 e. The van der Waals surface area contributed by atoms with Crippen LogP contribution in [0.5, 0.6) is 0 Å². The Bertz CT molecular complexity index is 771. The van der Waals surface area contributed by atoms with Crippen LogP contribution in [0.25, 0.3) is 0 Å². The molecule has 0 spiro atoms. The van der Waals surface area contributed by atoms with Gasteiger partial charge in [-0.2, -0.15) is 6.61 Å². The fourth-order valence-corrected chi connectivity index (χ4v) is 9.23. The van der Waals surface area contributed by atoms with E-state index >= 15 is 0 Å². The van der Waals surface area contributed by atoms with Gasteiger partial charge < -0.3 is 19.0 Å². The summed E-state index contributed by atoms with van der Waals surface area (Å²) < 4.78 is 18.7. The molecule has 0 unspecified atom stereocenters. The molecule has 0 amide bonds. The van der Waals surface area contributed by atoms with Gasteiger partial charge in [0.1, 0.15) is 5.60 Å². The van der Waals surface area contributed by atoms with Crippen molar-refractivity contribution in [2.45, 2.75) is 56.6 Å². The molecule has 154 valence electrons. The van der Waals surface area contributed by atoms with Crippen molar-refractivity contribution in [1.29, 1.82) is 0 Å². The summed E-state index contributed by atoms with van der Waals surface area (Å²) in [7, 11) is -2.68. The van der Waals surface area contributed by atoms with Gasteiger partial charge in [-0.05, 0) is 28.4 Å². The van der Waals surface area contributed by atoms with Gasteiger partial charge in [-0.15, -0.1) is 0 Å².